The van der Waals surface area contributed by atoms with Crippen LogP contribution in [-0.2, 0) is 10.0 Å². The third-order valence-corrected chi connectivity index (χ3v) is 5.42. The lowest BCUT2D eigenvalue weighted by atomic mass is 10.2. The van der Waals surface area contributed by atoms with Gasteiger partial charge in [-0.2, -0.15) is 4.31 Å². The van der Waals surface area contributed by atoms with E-state index in [9.17, 15) is 8.42 Å². The molecule has 1 aromatic rings. The molecule has 20 heavy (non-hydrogen) atoms. The minimum atomic E-state index is -3.46. The Kier molecular flexibility index (Phi) is 6.42. The zero-order chi connectivity index (χ0) is 15.2. The number of unbranched alkanes of at least 4 members (excludes halogenated alkanes) is 1. The van der Waals surface area contributed by atoms with Gasteiger partial charge in [0, 0.05) is 31.9 Å². The summed E-state index contributed by atoms with van der Waals surface area (Å²) in [6.07, 6.45) is 4.16. The zero-order valence-corrected chi connectivity index (χ0v) is 13.6. The van der Waals surface area contributed by atoms with Crippen molar-refractivity contribution in [2.24, 2.45) is 0 Å². The number of nitrogens with one attached hydrogen (secondary N) is 1. The van der Waals surface area contributed by atoms with Gasteiger partial charge in [0.1, 0.15) is 5.82 Å². The van der Waals surface area contributed by atoms with Gasteiger partial charge < -0.3 is 5.32 Å². The standard InChI is InChI=1S/C14H25N3O2S/c1-5-7-10-17(12(3)6-2)20(18,19)13-8-9-16-14(11-13)15-4/h8-9,11-12H,5-7,10H2,1-4H3,(H,15,16). The Bertz CT molecular complexity index is 517. The van der Waals surface area contributed by atoms with Crippen molar-refractivity contribution in [1.29, 1.82) is 0 Å². The normalized spacial score (nSPS) is 13.4. The maximum atomic E-state index is 12.8. The van der Waals surface area contributed by atoms with Crippen LogP contribution in [0, 0.1) is 0 Å². The van der Waals surface area contributed by atoms with E-state index in [2.05, 4.69) is 17.2 Å². The van der Waals surface area contributed by atoms with Crippen molar-refractivity contribution >= 4 is 15.8 Å². The number of hydrogen-bond acceptors (Lipinski definition) is 4. The minimum Gasteiger partial charge on any atom is -0.373 e. The van der Waals surface area contributed by atoms with Crippen LogP contribution in [0.15, 0.2) is 23.2 Å². The van der Waals surface area contributed by atoms with Crippen molar-refractivity contribution in [2.45, 2.75) is 51.0 Å². The van der Waals surface area contributed by atoms with E-state index in [1.807, 2.05) is 13.8 Å². The summed E-state index contributed by atoms with van der Waals surface area (Å²) in [5.41, 5.74) is 0. The van der Waals surface area contributed by atoms with Crippen LogP contribution in [0.4, 0.5) is 5.82 Å². The Morgan fingerprint density at radius 2 is 2.10 bits per heavy atom. The highest BCUT2D eigenvalue weighted by atomic mass is 32.2. The molecule has 1 unspecified atom stereocenters. The quantitative estimate of drug-likeness (QED) is 0.801. The van der Waals surface area contributed by atoms with Gasteiger partial charge in [0.2, 0.25) is 10.0 Å². The van der Waals surface area contributed by atoms with Gasteiger partial charge in [0.15, 0.2) is 0 Å². The molecule has 0 aliphatic heterocycles. The van der Waals surface area contributed by atoms with E-state index in [1.165, 1.54) is 6.20 Å². The molecular weight excluding hydrogens is 274 g/mol. The first-order chi connectivity index (χ1) is 9.47. The van der Waals surface area contributed by atoms with E-state index in [0.717, 1.165) is 19.3 Å². The zero-order valence-electron chi connectivity index (χ0n) is 12.8. The monoisotopic (exact) mass is 299 g/mol. The van der Waals surface area contributed by atoms with Gasteiger partial charge in [0.05, 0.1) is 4.90 Å². The highest BCUT2D eigenvalue weighted by Gasteiger charge is 2.27. The van der Waals surface area contributed by atoms with Crippen LogP contribution in [-0.4, -0.2) is 37.3 Å². The predicted molar refractivity (Wildman–Crippen MR) is 82.3 cm³/mol. The molecule has 0 aliphatic rings. The van der Waals surface area contributed by atoms with Crippen molar-refractivity contribution < 1.29 is 8.42 Å². The van der Waals surface area contributed by atoms with Crippen LogP contribution < -0.4 is 5.32 Å². The fourth-order valence-electron chi connectivity index (χ4n) is 1.94. The Hall–Kier alpha value is -1.14. The summed E-state index contributed by atoms with van der Waals surface area (Å²) >= 11 is 0. The van der Waals surface area contributed by atoms with E-state index in [4.69, 9.17) is 0 Å². The van der Waals surface area contributed by atoms with Crippen molar-refractivity contribution in [1.82, 2.24) is 9.29 Å². The van der Waals surface area contributed by atoms with Gasteiger partial charge in [-0.3, -0.25) is 0 Å². The SMILES string of the molecule is CCCCN(C(C)CC)S(=O)(=O)c1ccnc(NC)c1. The Balaban J connectivity index is 3.14. The Morgan fingerprint density at radius 1 is 1.40 bits per heavy atom. The first-order valence-electron chi connectivity index (χ1n) is 7.13. The van der Waals surface area contributed by atoms with Gasteiger partial charge in [0.25, 0.3) is 0 Å². The molecule has 1 rings (SSSR count). The first-order valence-corrected chi connectivity index (χ1v) is 8.57. The number of aromatic nitrogens is 1. The van der Waals surface area contributed by atoms with Crippen molar-refractivity contribution in [3.63, 3.8) is 0 Å². The average Bonchev–Trinajstić information content (AvgIpc) is 2.47. The van der Waals surface area contributed by atoms with Crippen LogP contribution in [0.2, 0.25) is 0 Å². The largest absolute Gasteiger partial charge is 0.373 e. The lowest BCUT2D eigenvalue weighted by Crippen LogP contribution is -2.39. The van der Waals surface area contributed by atoms with E-state index in [-0.39, 0.29) is 6.04 Å². The molecule has 0 radical (unpaired) electrons. The molecule has 1 aromatic heterocycles. The number of sulfonamides is 1. The van der Waals surface area contributed by atoms with Gasteiger partial charge in [-0.25, -0.2) is 13.4 Å². The summed E-state index contributed by atoms with van der Waals surface area (Å²) < 4.78 is 27.2. The lowest BCUT2D eigenvalue weighted by molar-refractivity contribution is 0.324. The van der Waals surface area contributed by atoms with E-state index < -0.39 is 10.0 Å². The van der Waals surface area contributed by atoms with Crippen molar-refractivity contribution in [3.05, 3.63) is 18.3 Å². The maximum Gasteiger partial charge on any atom is 0.243 e. The number of nitrogens with zero attached hydrogens (tertiary/aromatic N) is 2. The highest BCUT2D eigenvalue weighted by molar-refractivity contribution is 7.89. The topological polar surface area (TPSA) is 62.3 Å². The number of pyridine rings is 1. The molecule has 0 saturated carbocycles. The summed E-state index contributed by atoms with van der Waals surface area (Å²) in [6.45, 7) is 6.58. The summed E-state index contributed by atoms with van der Waals surface area (Å²) in [7, 11) is -1.74. The van der Waals surface area contributed by atoms with Crippen LogP contribution in [0.25, 0.3) is 0 Å². The fourth-order valence-corrected chi connectivity index (χ4v) is 3.70. The molecule has 6 heteroatoms. The molecule has 0 spiro atoms. The summed E-state index contributed by atoms with van der Waals surface area (Å²) in [5.74, 6) is 0.561. The molecule has 0 fully saturated rings. The van der Waals surface area contributed by atoms with E-state index >= 15 is 0 Å². The molecule has 0 aliphatic carbocycles. The number of hydrogen-bond donors (Lipinski definition) is 1. The second-order valence-electron chi connectivity index (χ2n) is 4.85. The number of rotatable bonds is 8. The third-order valence-electron chi connectivity index (χ3n) is 3.41. The molecular formula is C14H25N3O2S. The highest BCUT2D eigenvalue weighted by Crippen LogP contribution is 2.21. The molecule has 1 heterocycles. The lowest BCUT2D eigenvalue weighted by Gasteiger charge is -2.27. The van der Waals surface area contributed by atoms with Gasteiger partial charge in [-0.1, -0.05) is 20.3 Å². The van der Waals surface area contributed by atoms with Gasteiger partial charge in [-0.05, 0) is 25.8 Å². The fraction of sp³-hybridized carbons (Fsp3) is 0.643. The maximum absolute atomic E-state index is 12.8. The van der Waals surface area contributed by atoms with Gasteiger partial charge in [-0.15, -0.1) is 0 Å². The molecule has 0 bridgehead atoms. The molecule has 114 valence electrons. The minimum absolute atomic E-state index is 0.00208. The molecule has 0 aromatic carbocycles. The van der Waals surface area contributed by atoms with Crippen LogP contribution in [0.3, 0.4) is 0 Å². The average molecular weight is 299 g/mol. The molecule has 1 atom stereocenters. The predicted octanol–water partition coefficient (Wildman–Crippen LogP) is 2.71. The summed E-state index contributed by atoms with van der Waals surface area (Å²) in [4.78, 5) is 4.36. The van der Waals surface area contributed by atoms with Crippen LogP contribution in [0.5, 0.6) is 0 Å². The van der Waals surface area contributed by atoms with Crippen LogP contribution >= 0.6 is 0 Å². The molecule has 0 amide bonds. The molecule has 0 saturated heterocycles. The second kappa shape index (κ2) is 7.59. The Labute approximate surface area is 122 Å². The molecule has 5 nitrogen and oxygen atoms in total. The van der Waals surface area contributed by atoms with Crippen LogP contribution in [0.1, 0.15) is 40.0 Å². The smallest absolute Gasteiger partial charge is 0.243 e. The number of anilines is 1. The van der Waals surface area contributed by atoms with Gasteiger partial charge >= 0.3 is 0 Å². The van der Waals surface area contributed by atoms with Crippen molar-refractivity contribution in [2.75, 3.05) is 18.9 Å². The van der Waals surface area contributed by atoms with E-state index in [0.29, 0.717) is 17.3 Å². The summed E-state index contributed by atoms with van der Waals surface area (Å²) in [5, 5.41) is 2.87. The third kappa shape index (κ3) is 3.93. The first kappa shape index (κ1) is 16.9. The van der Waals surface area contributed by atoms with Crippen molar-refractivity contribution in [3.8, 4) is 0 Å². The summed E-state index contributed by atoms with van der Waals surface area (Å²) in [6, 6.07) is 3.13. The van der Waals surface area contributed by atoms with E-state index in [1.54, 1.807) is 23.5 Å². The second-order valence-corrected chi connectivity index (χ2v) is 6.74. The Morgan fingerprint density at radius 3 is 2.65 bits per heavy atom. The molecule has 1 N–H and O–H groups in total.